The first-order chi connectivity index (χ1) is 7.38. The minimum atomic E-state index is 0.662. The molecule has 0 aliphatic carbocycles. The molecule has 3 nitrogen and oxygen atoms in total. The summed E-state index contributed by atoms with van der Waals surface area (Å²) in [6.45, 7) is 3.41. The normalized spacial score (nSPS) is 22.9. The van der Waals surface area contributed by atoms with E-state index in [0.717, 1.165) is 13.1 Å². The van der Waals surface area contributed by atoms with Crippen LogP contribution in [0.15, 0.2) is 24.5 Å². The number of rotatable bonds is 3. The number of hydrogen-bond acceptors (Lipinski definition) is 3. The van der Waals surface area contributed by atoms with Gasteiger partial charge >= 0.3 is 0 Å². The lowest BCUT2D eigenvalue weighted by Crippen LogP contribution is -2.43. The number of likely N-dealkylation sites (tertiary alicyclic amines) is 1. The van der Waals surface area contributed by atoms with Crippen molar-refractivity contribution in [1.82, 2.24) is 15.2 Å². The maximum Gasteiger partial charge on any atom is 0.0312 e. The summed E-state index contributed by atoms with van der Waals surface area (Å²) >= 11 is 0. The minimum Gasteiger partial charge on any atom is -0.316 e. The third-order valence-electron chi connectivity index (χ3n) is 3.04. The maximum atomic E-state index is 4.15. The van der Waals surface area contributed by atoms with Crippen LogP contribution in [0.1, 0.15) is 18.4 Å². The molecule has 2 rings (SSSR count). The summed E-state index contributed by atoms with van der Waals surface area (Å²) < 4.78 is 0. The highest BCUT2D eigenvalue weighted by molar-refractivity contribution is 5.08. The molecule has 0 aromatic carbocycles. The molecule has 0 radical (unpaired) electrons. The fourth-order valence-electron chi connectivity index (χ4n) is 2.18. The van der Waals surface area contributed by atoms with Crippen molar-refractivity contribution < 1.29 is 0 Å². The molecule has 1 aliphatic heterocycles. The molecule has 1 aliphatic rings. The molecular weight excluding hydrogens is 186 g/mol. The van der Waals surface area contributed by atoms with Gasteiger partial charge in [0.2, 0.25) is 0 Å². The zero-order chi connectivity index (χ0) is 10.5. The molecule has 82 valence electrons. The Morgan fingerprint density at radius 2 is 2.53 bits per heavy atom. The second-order valence-corrected chi connectivity index (χ2v) is 4.22. The highest BCUT2D eigenvalue weighted by Crippen LogP contribution is 2.12. The Morgan fingerprint density at radius 3 is 3.27 bits per heavy atom. The number of likely N-dealkylation sites (N-methyl/N-ethyl adjacent to an activating group) is 1. The lowest BCUT2D eigenvalue weighted by molar-refractivity contribution is 0.188. The Bertz CT molecular complexity index is 286. The Kier molecular flexibility index (Phi) is 3.69. The van der Waals surface area contributed by atoms with Crippen LogP contribution in [-0.4, -0.2) is 36.1 Å². The van der Waals surface area contributed by atoms with Crippen molar-refractivity contribution in [2.24, 2.45) is 0 Å². The Hall–Kier alpha value is -0.930. The molecular formula is C12H19N3. The molecule has 0 amide bonds. The van der Waals surface area contributed by atoms with Crippen molar-refractivity contribution >= 4 is 0 Å². The van der Waals surface area contributed by atoms with Gasteiger partial charge in [0.25, 0.3) is 0 Å². The van der Waals surface area contributed by atoms with E-state index in [-0.39, 0.29) is 0 Å². The number of nitrogens with one attached hydrogen (secondary N) is 1. The quantitative estimate of drug-likeness (QED) is 0.805. The molecule has 1 saturated heterocycles. The van der Waals surface area contributed by atoms with Gasteiger partial charge in [-0.25, -0.2) is 0 Å². The van der Waals surface area contributed by atoms with E-state index in [1.165, 1.54) is 24.9 Å². The average Bonchev–Trinajstić information content (AvgIpc) is 2.31. The van der Waals surface area contributed by atoms with E-state index in [2.05, 4.69) is 28.3 Å². The van der Waals surface area contributed by atoms with Gasteiger partial charge in [-0.2, -0.15) is 0 Å². The molecule has 1 atom stereocenters. The predicted molar refractivity (Wildman–Crippen MR) is 61.6 cm³/mol. The molecule has 3 heteroatoms. The zero-order valence-corrected chi connectivity index (χ0v) is 9.32. The Balaban J connectivity index is 1.89. The summed E-state index contributed by atoms with van der Waals surface area (Å²) in [6, 6.07) is 4.82. The van der Waals surface area contributed by atoms with Crippen molar-refractivity contribution in [2.75, 3.05) is 20.1 Å². The van der Waals surface area contributed by atoms with Crippen LogP contribution in [0.25, 0.3) is 0 Å². The number of pyridine rings is 1. The third kappa shape index (κ3) is 3.01. The highest BCUT2D eigenvalue weighted by Gasteiger charge is 2.17. The summed E-state index contributed by atoms with van der Waals surface area (Å²) in [4.78, 5) is 6.65. The summed E-state index contributed by atoms with van der Waals surface area (Å²) in [5.74, 6) is 0. The Morgan fingerprint density at radius 1 is 1.60 bits per heavy atom. The average molecular weight is 205 g/mol. The molecule has 2 heterocycles. The van der Waals surface area contributed by atoms with Crippen LogP contribution in [0.3, 0.4) is 0 Å². The van der Waals surface area contributed by atoms with Gasteiger partial charge in [0, 0.05) is 31.5 Å². The molecule has 0 unspecified atom stereocenters. The molecule has 1 fully saturated rings. The van der Waals surface area contributed by atoms with Crippen LogP contribution in [0.4, 0.5) is 0 Å². The molecule has 15 heavy (non-hydrogen) atoms. The predicted octanol–water partition coefficient (Wildman–Crippen LogP) is 1.27. The van der Waals surface area contributed by atoms with E-state index >= 15 is 0 Å². The first-order valence-electron chi connectivity index (χ1n) is 5.67. The van der Waals surface area contributed by atoms with Crippen LogP contribution in [0.2, 0.25) is 0 Å². The maximum absolute atomic E-state index is 4.15. The van der Waals surface area contributed by atoms with Gasteiger partial charge in [-0.05, 0) is 38.1 Å². The van der Waals surface area contributed by atoms with E-state index in [9.17, 15) is 0 Å². The van der Waals surface area contributed by atoms with Gasteiger partial charge in [-0.1, -0.05) is 6.07 Å². The third-order valence-corrected chi connectivity index (χ3v) is 3.04. The molecule has 1 N–H and O–H groups in total. The standard InChI is InChI=1S/C12H19N3/c1-13-12-5-3-7-15(10-12)9-11-4-2-6-14-8-11/h2,4,6,8,12-13H,3,5,7,9-10H2,1H3/t12-/m0/s1. The number of aromatic nitrogens is 1. The van der Waals surface area contributed by atoms with Crippen LogP contribution < -0.4 is 5.32 Å². The summed E-state index contributed by atoms with van der Waals surface area (Å²) in [5.41, 5.74) is 1.31. The van der Waals surface area contributed by atoms with Crippen LogP contribution in [0, 0.1) is 0 Å². The van der Waals surface area contributed by atoms with Crippen molar-refractivity contribution in [2.45, 2.75) is 25.4 Å². The lowest BCUT2D eigenvalue weighted by Gasteiger charge is -2.32. The van der Waals surface area contributed by atoms with E-state index in [4.69, 9.17) is 0 Å². The van der Waals surface area contributed by atoms with Crippen molar-refractivity contribution in [3.63, 3.8) is 0 Å². The van der Waals surface area contributed by atoms with E-state index in [1.807, 2.05) is 18.5 Å². The molecule has 1 aromatic heterocycles. The monoisotopic (exact) mass is 205 g/mol. The minimum absolute atomic E-state index is 0.662. The van der Waals surface area contributed by atoms with Gasteiger partial charge in [-0.15, -0.1) is 0 Å². The van der Waals surface area contributed by atoms with Crippen molar-refractivity contribution in [1.29, 1.82) is 0 Å². The van der Waals surface area contributed by atoms with Crippen LogP contribution in [-0.2, 0) is 6.54 Å². The van der Waals surface area contributed by atoms with Gasteiger partial charge in [0.1, 0.15) is 0 Å². The first kappa shape index (κ1) is 10.6. The van der Waals surface area contributed by atoms with Gasteiger partial charge in [0.15, 0.2) is 0 Å². The van der Waals surface area contributed by atoms with Crippen LogP contribution in [0.5, 0.6) is 0 Å². The van der Waals surface area contributed by atoms with E-state index < -0.39 is 0 Å². The number of nitrogens with zero attached hydrogens (tertiary/aromatic N) is 2. The fraction of sp³-hybridized carbons (Fsp3) is 0.583. The van der Waals surface area contributed by atoms with Gasteiger partial charge in [-0.3, -0.25) is 9.88 Å². The highest BCUT2D eigenvalue weighted by atomic mass is 15.2. The first-order valence-corrected chi connectivity index (χ1v) is 5.67. The lowest BCUT2D eigenvalue weighted by atomic mass is 10.1. The van der Waals surface area contributed by atoms with Crippen molar-refractivity contribution in [3.05, 3.63) is 30.1 Å². The van der Waals surface area contributed by atoms with Gasteiger partial charge in [0.05, 0.1) is 0 Å². The molecule has 1 aromatic rings. The SMILES string of the molecule is CN[C@H]1CCCN(Cc2cccnc2)C1. The smallest absolute Gasteiger partial charge is 0.0312 e. The second-order valence-electron chi connectivity index (χ2n) is 4.22. The molecule has 0 saturated carbocycles. The van der Waals surface area contributed by atoms with Gasteiger partial charge < -0.3 is 5.32 Å². The zero-order valence-electron chi connectivity index (χ0n) is 9.32. The number of hydrogen-bond donors (Lipinski definition) is 1. The fourth-order valence-corrected chi connectivity index (χ4v) is 2.18. The Labute approximate surface area is 91.5 Å². The largest absolute Gasteiger partial charge is 0.316 e. The summed E-state index contributed by atoms with van der Waals surface area (Å²) in [7, 11) is 2.05. The summed E-state index contributed by atoms with van der Waals surface area (Å²) in [6.07, 6.45) is 6.39. The van der Waals surface area contributed by atoms with Crippen LogP contribution >= 0.6 is 0 Å². The van der Waals surface area contributed by atoms with E-state index in [1.54, 1.807) is 0 Å². The van der Waals surface area contributed by atoms with Crippen molar-refractivity contribution in [3.8, 4) is 0 Å². The topological polar surface area (TPSA) is 28.2 Å². The second kappa shape index (κ2) is 5.24. The summed E-state index contributed by atoms with van der Waals surface area (Å²) in [5, 5.41) is 3.36. The molecule has 0 spiro atoms. The number of piperidine rings is 1. The van der Waals surface area contributed by atoms with E-state index in [0.29, 0.717) is 6.04 Å². The molecule has 0 bridgehead atoms.